The zero-order valence-electron chi connectivity index (χ0n) is 16.4. The number of carbonyl (C=O) groups excluding carboxylic acids is 2. The highest BCUT2D eigenvalue weighted by atomic mass is 16.6. The predicted octanol–water partition coefficient (Wildman–Crippen LogP) is 2.85. The van der Waals surface area contributed by atoms with Gasteiger partial charge in [0.1, 0.15) is 0 Å². The molecule has 1 aromatic rings. The van der Waals surface area contributed by atoms with E-state index < -0.39 is 4.92 Å². The molecule has 1 aliphatic rings. The van der Waals surface area contributed by atoms with Crippen LogP contribution in [0.5, 0.6) is 0 Å². The van der Waals surface area contributed by atoms with E-state index in [0.29, 0.717) is 30.8 Å². The third-order valence-electron chi connectivity index (χ3n) is 4.68. The third kappa shape index (κ3) is 5.67. The quantitative estimate of drug-likeness (QED) is 0.623. The van der Waals surface area contributed by atoms with Crippen LogP contribution >= 0.6 is 0 Å². The summed E-state index contributed by atoms with van der Waals surface area (Å²) in [6.07, 6.45) is 1.62. The Kier molecular flexibility index (Phi) is 6.41. The van der Waals surface area contributed by atoms with E-state index in [1.54, 1.807) is 17.9 Å². The number of nitrogens with zero attached hydrogens (tertiary/aromatic N) is 2. The molecule has 2 rings (SSSR count). The van der Waals surface area contributed by atoms with Gasteiger partial charge in [-0.05, 0) is 52.5 Å². The summed E-state index contributed by atoms with van der Waals surface area (Å²) in [7, 11) is 0. The van der Waals surface area contributed by atoms with Crippen molar-refractivity contribution in [1.82, 2.24) is 15.5 Å². The van der Waals surface area contributed by atoms with Gasteiger partial charge in [-0.3, -0.25) is 14.9 Å². The fourth-order valence-corrected chi connectivity index (χ4v) is 3.14. The third-order valence-corrected chi connectivity index (χ3v) is 4.68. The minimum atomic E-state index is -0.482. The average Bonchev–Trinajstić information content (AvgIpc) is 2.58. The molecule has 0 spiro atoms. The van der Waals surface area contributed by atoms with E-state index in [1.807, 2.05) is 20.8 Å². The number of piperidine rings is 1. The van der Waals surface area contributed by atoms with Gasteiger partial charge in [-0.2, -0.15) is 0 Å². The maximum absolute atomic E-state index is 12.4. The summed E-state index contributed by atoms with van der Waals surface area (Å²) < 4.78 is 0. The maximum atomic E-state index is 12.4. The van der Waals surface area contributed by atoms with Gasteiger partial charge in [0, 0.05) is 42.4 Å². The van der Waals surface area contributed by atoms with Crippen molar-refractivity contribution in [1.29, 1.82) is 0 Å². The second kappa shape index (κ2) is 8.37. The molecule has 2 N–H and O–H groups in total. The van der Waals surface area contributed by atoms with Gasteiger partial charge in [-0.15, -0.1) is 0 Å². The second-order valence-electron chi connectivity index (χ2n) is 8.03. The van der Waals surface area contributed by atoms with Crippen LogP contribution in [0.15, 0.2) is 18.2 Å². The molecule has 0 aromatic heterocycles. The standard InChI is InChI=1S/C19H28N4O4/c1-13-15(6-5-7-16(13)23(26)27)17(24)20-12-14-8-10-22(11-9-14)18(25)21-19(2,3)4/h5-7,14H,8-12H2,1-4H3,(H,20,24)(H,21,25). The van der Waals surface area contributed by atoms with E-state index in [-0.39, 0.29) is 29.1 Å². The fourth-order valence-electron chi connectivity index (χ4n) is 3.14. The van der Waals surface area contributed by atoms with E-state index in [2.05, 4.69) is 10.6 Å². The molecule has 0 unspecified atom stereocenters. The van der Waals surface area contributed by atoms with Crippen LogP contribution in [0.25, 0.3) is 0 Å². The number of nitro benzene ring substituents is 1. The van der Waals surface area contributed by atoms with Gasteiger partial charge in [0.05, 0.1) is 4.92 Å². The lowest BCUT2D eigenvalue weighted by atomic mass is 9.96. The molecule has 27 heavy (non-hydrogen) atoms. The number of amides is 3. The zero-order valence-corrected chi connectivity index (χ0v) is 16.4. The Morgan fingerprint density at radius 1 is 1.26 bits per heavy atom. The number of nitro groups is 1. The van der Waals surface area contributed by atoms with E-state index in [9.17, 15) is 19.7 Å². The second-order valence-corrected chi connectivity index (χ2v) is 8.03. The monoisotopic (exact) mass is 376 g/mol. The lowest BCUT2D eigenvalue weighted by Gasteiger charge is -2.34. The number of carbonyl (C=O) groups is 2. The fraction of sp³-hybridized carbons (Fsp3) is 0.579. The van der Waals surface area contributed by atoms with Crippen LogP contribution in [0.3, 0.4) is 0 Å². The van der Waals surface area contributed by atoms with Crippen molar-refractivity contribution >= 4 is 17.6 Å². The van der Waals surface area contributed by atoms with Crippen LogP contribution in [0.4, 0.5) is 10.5 Å². The van der Waals surface area contributed by atoms with E-state index in [0.717, 1.165) is 12.8 Å². The van der Waals surface area contributed by atoms with Gasteiger partial charge in [0.15, 0.2) is 0 Å². The van der Waals surface area contributed by atoms with Crippen LogP contribution in [0.2, 0.25) is 0 Å². The van der Waals surface area contributed by atoms with Crippen molar-refractivity contribution in [2.24, 2.45) is 5.92 Å². The van der Waals surface area contributed by atoms with Gasteiger partial charge >= 0.3 is 6.03 Å². The summed E-state index contributed by atoms with van der Waals surface area (Å²) in [5.41, 5.74) is 0.374. The first-order valence-corrected chi connectivity index (χ1v) is 9.18. The molecule has 0 radical (unpaired) electrons. The Morgan fingerprint density at radius 3 is 2.44 bits per heavy atom. The van der Waals surface area contributed by atoms with Gasteiger partial charge in [0.2, 0.25) is 0 Å². The first-order chi connectivity index (χ1) is 12.6. The Balaban J connectivity index is 1.85. The number of hydrogen-bond donors (Lipinski definition) is 2. The highest BCUT2D eigenvalue weighted by Crippen LogP contribution is 2.21. The summed E-state index contributed by atoms with van der Waals surface area (Å²) in [5, 5.41) is 16.8. The Labute approximate surface area is 159 Å². The smallest absolute Gasteiger partial charge is 0.317 e. The number of likely N-dealkylation sites (tertiary alicyclic amines) is 1. The predicted molar refractivity (Wildman–Crippen MR) is 103 cm³/mol. The topological polar surface area (TPSA) is 105 Å². The Bertz CT molecular complexity index is 719. The van der Waals surface area contributed by atoms with E-state index in [1.165, 1.54) is 12.1 Å². The number of benzene rings is 1. The van der Waals surface area contributed by atoms with Crippen molar-refractivity contribution < 1.29 is 14.5 Å². The molecule has 0 atom stereocenters. The maximum Gasteiger partial charge on any atom is 0.317 e. The molecular weight excluding hydrogens is 348 g/mol. The van der Waals surface area contributed by atoms with Crippen LogP contribution in [0.1, 0.15) is 49.5 Å². The number of hydrogen-bond acceptors (Lipinski definition) is 4. The van der Waals surface area contributed by atoms with Crippen molar-refractivity contribution in [2.75, 3.05) is 19.6 Å². The number of nitrogens with one attached hydrogen (secondary N) is 2. The molecule has 1 fully saturated rings. The molecule has 3 amide bonds. The summed E-state index contributed by atoms with van der Waals surface area (Å²) in [5.74, 6) is -0.0178. The van der Waals surface area contributed by atoms with Crippen molar-refractivity contribution in [3.8, 4) is 0 Å². The first kappa shape index (κ1) is 20.7. The van der Waals surface area contributed by atoms with Gasteiger partial charge in [-0.25, -0.2) is 4.79 Å². The highest BCUT2D eigenvalue weighted by Gasteiger charge is 2.26. The van der Waals surface area contributed by atoms with Crippen molar-refractivity contribution in [2.45, 2.75) is 46.1 Å². The summed E-state index contributed by atoms with van der Waals surface area (Å²) >= 11 is 0. The van der Waals surface area contributed by atoms with Gasteiger partial charge in [0.25, 0.3) is 11.6 Å². The van der Waals surface area contributed by atoms with Crippen molar-refractivity contribution in [3.63, 3.8) is 0 Å². The van der Waals surface area contributed by atoms with Gasteiger partial charge < -0.3 is 15.5 Å². The molecule has 1 aliphatic heterocycles. The van der Waals surface area contributed by atoms with Crippen LogP contribution in [-0.4, -0.2) is 46.9 Å². The normalized spacial score (nSPS) is 15.3. The van der Waals surface area contributed by atoms with Crippen LogP contribution in [-0.2, 0) is 0 Å². The molecule has 8 nitrogen and oxygen atoms in total. The zero-order chi connectivity index (χ0) is 20.2. The molecule has 0 aliphatic carbocycles. The molecule has 148 valence electrons. The van der Waals surface area contributed by atoms with E-state index in [4.69, 9.17) is 0 Å². The highest BCUT2D eigenvalue weighted by molar-refractivity contribution is 5.96. The Hall–Kier alpha value is -2.64. The SMILES string of the molecule is Cc1c(C(=O)NCC2CCN(C(=O)NC(C)(C)C)CC2)cccc1[N+](=O)[O-]. The first-order valence-electron chi connectivity index (χ1n) is 9.18. The lowest BCUT2D eigenvalue weighted by Crippen LogP contribution is -2.51. The van der Waals surface area contributed by atoms with E-state index >= 15 is 0 Å². The summed E-state index contributed by atoms with van der Waals surface area (Å²) in [4.78, 5) is 36.9. The molecule has 0 bridgehead atoms. The Morgan fingerprint density at radius 2 is 1.89 bits per heavy atom. The van der Waals surface area contributed by atoms with Gasteiger partial charge in [-0.1, -0.05) is 6.07 Å². The molecule has 0 saturated carbocycles. The molecule has 1 heterocycles. The summed E-state index contributed by atoms with van der Waals surface area (Å²) in [6, 6.07) is 4.45. The minimum absolute atomic E-state index is 0.0548. The van der Waals surface area contributed by atoms with Crippen LogP contribution < -0.4 is 10.6 Å². The molecule has 1 aromatic carbocycles. The number of urea groups is 1. The number of rotatable bonds is 4. The molecule has 8 heteroatoms. The lowest BCUT2D eigenvalue weighted by molar-refractivity contribution is -0.385. The summed E-state index contributed by atoms with van der Waals surface area (Å²) in [6.45, 7) is 9.22. The van der Waals surface area contributed by atoms with Crippen molar-refractivity contribution in [3.05, 3.63) is 39.4 Å². The minimum Gasteiger partial charge on any atom is -0.352 e. The largest absolute Gasteiger partial charge is 0.352 e. The molecular formula is C19H28N4O4. The average molecular weight is 376 g/mol. The molecule has 1 saturated heterocycles. The van der Waals surface area contributed by atoms with Crippen LogP contribution in [0, 0.1) is 23.0 Å².